The Hall–Kier alpha value is -1.93. The predicted molar refractivity (Wildman–Crippen MR) is 114 cm³/mol. The van der Waals surface area contributed by atoms with Gasteiger partial charge >= 0.3 is 0 Å². The summed E-state index contributed by atoms with van der Waals surface area (Å²) in [5.74, 6) is -0.0420. The fraction of sp³-hybridized carbons (Fsp3) is 0.381. The van der Waals surface area contributed by atoms with E-state index >= 15 is 0 Å². The lowest BCUT2D eigenvalue weighted by molar-refractivity contribution is -0.121. The minimum atomic E-state index is -3.46. The number of piperazine rings is 1. The van der Waals surface area contributed by atoms with Gasteiger partial charge in [0.1, 0.15) is 0 Å². The van der Waals surface area contributed by atoms with Gasteiger partial charge in [0, 0.05) is 50.7 Å². The standard InChI is InChI=1S/C21H26ClN3O3S/c1-17-6-8-19(9-7-17)29(27,28)25-14-12-24(13-15-25)11-10-21(26)23-16-18-4-2-3-5-20(18)22/h2-9H,10-16H2,1H3,(H,23,26). The van der Waals surface area contributed by atoms with Gasteiger partial charge in [-0.05, 0) is 30.7 Å². The zero-order chi connectivity index (χ0) is 20.9. The highest BCUT2D eigenvalue weighted by atomic mass is 35.5. The van der Waals surface area contributed by atoms with Crippen molar-refractivity contribution in [2.24, 2.45) is 0 Å². The Kier molecular flexibility index (Phi) is 7.29. The van der Waals surface area contributed by atoms with Crippen LogP contribution >= 0.6 is 11.6 Å². The quantitative estimate of drug-likeness (QED) is 0.725. The zero-order valence-electron chi connectivity index (χ0n) is 16.5. The van der Waals surface area contributed by atoms with Crippen LogP contribution in [-0.4, -0.2) is 56.3 Å². The van der Waals surface area contributed by atoms with Crippen molar-refractivity contribution in [3.8, 4) is 0 Å². The Labute approximate surface area is 177 Å². The number of rotatable bonds is 7. The number of benzene rings is 2. The molecule has 1 N–H and O–H groups in total. The van der Waals surface area contributed by atoms with Gasteiger partial charge in [-0.15, -0.1) is 0 Å². The van der Waals surface area contributed by atoms with Crippen LogP contribution in [0.4, 0.5) is 0 Å². The molecule has 2 aromatic carbocycles. The second-order valence-electron chi connectivity index (χ2n) is 7.18. The molecule has 0 aromatic heterocycles. The molecule has 1 heterocycles. The Morgan fingerprint density at radius 3 is 2.34 bits per heavy atom. The van der Waals surface area contributed by atoms with Crippen LogP contribution in [-0.2, 0) is 21.4 Å². The molecule has 1 aliphatic rings. The van der Waals surface area contributed by atoms with Crippen molar-refractivity contribution in [2.75, 3.05) is 32.7 Å². The highest BCUT2D eigenvalue weighted by molar-refractivity contribution is 7.89. The summed E-state index contributed by atoms with van der Waals surface area (Å²) in [6.07, 6.45) is 0.370. The average molecular weight is 436 g/mol. The third kappa shape index (κ3) is 5.79. The van der Waals surface area contributed by atoms with E-state index in [-0.39, 0.29) is 5.91 Å². The van der Waals surface area contributed by atoms with Crippen LogP contribution in [0.25, 0.3) is 0 Å². The van der Waals surface area contributed by atoms with Crippen molar-refractivity contribution in [1.82, 2.24) is 14.5 Å². The highest BCUT2D eigenvalue weighted by Crippen LogP contribution is 2.18. The van der Waals surface area contributed by atoms with E-state index in [9.17, 15) is 13.2 Å². The second-order valence-corrected chi connectivity index (χ2v) is 9.52. The number of sulfonamides is 1. The number of nitrogens with one attached hydrogen (secondary N) is 1. The molecule has 29 heavy (non-hydrogen) atoms. The summed E-state index contributed by atoms with van der Waals surface area (Å²) in [6, 6.07) is 14.4. The number of aryl methyl sites for hydroxylation is 1. The van der Waals surface area contributed by atoms with Gasteiger partial charge in [0.2, 0.25) is 15.9 Å². The van der Waals surface area contributed by atoms with Gasteiger partial charge < -0.3 is 10.2 Å². The van der Waals surface area contributed by atoms with E-state index < -0.39 is 10.0 Å². The van der Waals surface area contributed by atoms with E-state index in [4.69, 9.17) is 11.6 Å². The lowest BCUT2D eigenvalue weighted by Crippen LogP contribution is -2.49. The molecule has 0 radical (unpaired) electrons. The smallest absolute Gasteiger partial charge is 0.243 e. The number of carbonyl (C=O) groups is 1. The second kappa shape index (κ2) is 9.71. The van der Waals surface area contributed by atoms with Crippen molar-refractivity contribution < 1.29 is 13.2 Å². The fourth-order valence-electron chi connectivity index (χ4n) is 3.24. The molecule has 0 spiro atoms. The maximum absolute atomic E-state index is 12.8. The maximum atomic E-state index is 12.8. The summed E-state index contributed by atoms with van der Waals surface area (Å²) in [5, 5.41) is 3.52. The number of carbonyl (C=O) groups excluding carboxylic acids is 1. The Balaban J connectivity index is 1.43. The summed E-state index contributed by atoms with van der Waals surface area (Å²) >= 11 is 6.10. The molecule has 1 amide bonds. The molecule has 8 heteroatoms. The first-order chi connectivity index (χ1) is 13.9. The molecule has 6 nitrogen and oxygen atoms in total. The molecule has 0 aliphatic carbocycles. The summed E-state index contributed by atoms with van der Waals surface area (Å²) in [4.78, 5) is 14.6. The minimum Gasteiger partial charge on any atom is -0.352 e. The fourth-order valence-corrected chi connectivity index (χ4v) is 4.86. The van der Waals surface area contributed by atoms with Gasteiger partial charge in [-0.1, -0.05) is 47.5 Å². The number of amides is 1. The molecule has 0 unspecified atom stereocenters. The molecule has 156 valence electrons. The Morgan fingerprint density at radius 2 is 1.69 bits per heavy atom. The van der Waals surface area contributed by atoms with Crippen LogP contribution in [0.3, 0.4) is 0 Å². The normalized spacial score (nSPS) is 15.9. The van der Waals surface area contributed by atoms with Crippen LogP contribution in [0.15, 0.2) is 53.4 Å². The lowest BCUT2D eigenvalue weighted by Gasteiger charge is -2.33. The summed E-state index contributed by atoms with van der Waals surface area (Å²) in [7, 11) is -3.46. The van der Waals surface area contributed by atoms with Gasteiger partial charge in [0.25, 0.3) is 0 Å². The van der Waals surface area contributed by atoms with E-state index in [0.29, 0.717) is 55.6 Å². The Morgan fingerprint density at radius 1 is 1.03 bits per heavy atom. The van der Waals surface area contributed by atoms with E-state index in [1.54, 1.807) is 18.2 Å². The number of hydrogen-bond donors (Lipinski definition) is 1. The first-order valence-electron chi connectivity index (χ1n) is 9.65. The third-order valence-corrected chi connectivity index (χ3v) is 7.36. The van der Waals surface area contributed by atoms with Crippen molar-refractivity contribution in [3.05, 3.63) is 64.7 Å². The zero-order valence-corrected chi connectivity index (χ0v) is 18.0. The van der Waals surface area contributed by atoms with Gasteiger partial charge in [-0.3, -0.25) is 4.79 Å². The van der Waals surface area contributed by atoms with Crippen LogP contribution in [0, 0.1) is 6.92 Å². The summed E-state index contributed by atoms with van der Waals surface area (Å²) in [6.45, 7) is 5.02. The lowest BCUT2D eigenvalue weighted by atomic mass is 10.2. The summed E-state index contributed by atoms with van der Waals surface area (Å²) in [5.41, 5.74) is 1.92. The van der Waals surface area contributed by atoms with Crippen molar-refractivity contribution in [1.29, 1.82) is 0 Å². The molecule has 0 bridgehead atoms. The number of nitrogens with zero attached hydrogens (tertiary/aromatic N) is 2. The summed E-state index contributed by atoms with van der Waals surface area (Å²) < 4.78 is 27.0. The maximum Gasteiger partial charge on any atom is 0.243 e. The van der Waals surface area contributed by atoms with Crippen molar-refractivity contribution >= 4 is 27.5 Å². The molecular formula is C21H26ClN3O3S. The molecule has 1 saturated heterocycles. The van der Waals surface area contributed by atoms with Crippen LogP contribution in [0.5, 0.6) is 0 Å². The van der Waals surface area contributed by atoms with E-state index in [2.05, 4.69) is 10.2 Å². The highest BCUT2D eigenvalue weighted by Gasteiger charge is 2.28. The van der Waals surface area contributed by atoms with E-state index in [0.717, 1.165) is 11.1 Å². The van der Waals surface area contributed by atoms with E-state index in [1.165, 1.54) is 4.31 Å². The van der Waals surface area contributed by atoms with Crippen LogP contribution in [0.2, 0.25) is 5.02 Å². The predicted octanol–water partition coefficient (Wildman–Crippen LogP) is 2.66. The van der Waals surface area contributed by atoms with Gasteiger partial charge in [0.05, 0.1) is 4.90 Å². The van der Waals surface area contributed by atoms with Gasteiger partial charge in [-0.2, -0.15) is 4.31 Å². The molecule has 1 aliphatic heterocycles. The number of hydrogen-bond acceptors (Lipinski definition) is 4. The largest absolute Gasteiger partial charge is 0.352 e. The van der Waals surface area contributed by atoms with Crippen molar-refractivity contribution in [3.63, 3.8) is 0 Å². The SMILES string of the molecule is Cc1ccc(S(=O)(=O)N2CCN(CCC(=O)NCc3ccccc3Cl)CC2)cc1. The van der Waals surface area contributed by atoms with E-state index in [1.807, 2.05) is 37.3 Å². The number of halogens is 1. The first-order valence-corrected chi connectivity index (χ1v) is 11.5. The third-order valence-electron chi connectivity index (χ3n) is 5.08. The molecule has 1 fully saturated rings. The van der Waals surface area contributed by atoms with Gasteiger partial charge in [-0.25, -0.2) is 8.42 Å². The van der Waals surface area contributed by atoms with Crippen LogP contribution in [0.1, 0.15) is 17.5 Å². The topological polar surface area (TPSA) is 69.7 Å². The molecular weight excluding hydrogens is 410 g/mol. The monoisotopic (exact) mass is 435 g/mol. The Bertz CT molecular complexity index is 940. The molecule has 3 rings (SSSR count). The first kappa shape index (κ1) is 21.8. The van der Waals surface area contributed by atoms with Crippen LogP contribution < -0.4 is 5.32 Å². The average Bonchev–Trinajstić information content (AvgIpc) is 2.72. The molecule has 0 saturated carbocycles. The van der Waals surface area contributed by atoms with Crippen molar-refractivity contribution in [2.45, 2.75) is 24.8 Å². The molecule has 2 aromatic rings. The minimum absolute atomic E-state index is 0.0420. The molecule has 0 atom stereocenters. The van der Waals surface area contributed by atoms with Gasteiger partial charge in [0.15, 0.2) is 0 Å².